The van der Waals surface area contributed by atoms with Crippen LogP contribution >= 0.6 is 0 Å². The molecule has 112 valence electrons. The second-order valence-electron chi connectivity index (χ2n) is 5.82. The smallest absolute Gasteiger partial charge is 0.310 e. The van der Waals surface area contributed by atoms with Crippen molar-refractivity contribution in [3.63, 3.8) is 0 Å². The van der Waals surface area contributed by atoms with E-state index in [0.29, 0.717) is 13.1 Å². The van der Waals surface area contributed by atoms with E-state index in [0.717, 1.165) is 37.8 Å². The van der Waals surface area contributed by atoms with E-state index < -0.39 is 11.4 Å². The SMILES string of the molecule is CCCC1(C(=O)O)CCCN(CC#Cc2ccccc2)C1. The first-order chi connectivity index (χ1) is 10.2. The molecule has 2 rings (SSSR count). The summed E-state index contributed by atoms with van der Waals surface area (Å²) in [5.41, 5.74) is 0.439. The van der Waals surface area contributed by atoms with Gasteiger partial charge in [0, 0.05) is 12.1 Å². The molecule has 1 aliphatic rings. The maximum absolute atomic E-state index is 11.6. The summed E-state index contributed by atoms with van der Waals surface area (Å²) in [5.74, 6) is 5.67. The minimum Gasteiger partial charge on any atom is -0.481 e. The molecule has 1 heterocycles. The van der Waals surface area contributed by atoms with E-state index in [1.54, 1.807) is 0 Å². The number of nitrogens with zero attached hydrogens (tertiary/aromatic N) is 1. The molecule has 1 aromatic rings. The molecule has 3 heteroatoms. The summed E-state index contributed by atoms with van der Waals surface area (Å²) >= 11 is 0. The quantitative estimate of drug-likeness (QED) is 0.865. The van der Waals surface area contributed by atoms with Gasteiger partial charge in [0.2, 0.25) is 0 Å². The first kappa shape index (κ1) is 15.6. The fourth-order valence-electron chi connectivity index (χ4n) is 3.10. The van der Waals surface area contributed by atoms with Crippen LogP contribution in [0.1, 0.15) is 38.2 Å². The average Bonchev–Trinajstić information content (AvgIpc) is 2.49. The van der Waals surface area contributed by atoms with Crippen molar-refractivity contribution in [1.29, 1.82) is 0 Å². The van der Waals surface area contributed by atoms with Gasteiger partial charge >= 0.3 is 5.97 Å². The summed E-state index contributed by atoms with van der Waals surface area (Å²) in [6.07, 6.45) is 3.40. The van der Waals surface area contributed by atoms with Crippen LogP contribution in [0.25, 0.3) is 0 Å². The van der Waals surface area contributed by atoms with Gasteiger partial charge in [-0.1, -0.05) is 43.4 Å². The number of likely N-dealkylation sites (tertiary alicyclic amines) is 1. The third kappa shape index (κ3) is 4.09. The Bertz CT molecular complexity index is 525. The van der Waals surface area contributed by atoms with Gasteiger partial charge in [-0.3, -0.25) is 9.69 Å². The lowest BCUT2D eigenvalue weighted by molar-refractivity contribution is -0.153. The van der Waals surface area contributed by atoms with Crippen molar-refractivity contribution >= 4 is 5.97 Å². The highest BCUT2D eigenvalue weighted by atomic mass is 16.4. The van der Waals surface area contributed by atoms with Crippen LogP contribution in [-0.4, -0.2) is 35.6 Å². The highest BCUT2D eigenvalue weighted by Crippen LogP contribution is 2.34. The molecule has 0 aromatic heterocycles. The fraction of sp³-hybridized carbons (Fsp3) is 0.500. The molecular weight excluding hydrogens is 262 g/mol. The maximum Gasteiger partial charge on any atom is 0.310 e. The number of carboxylic acids is 1. The zero-order valence-electron chi connectivity index (χ0n) is 12.6. The Morgan fingerprint density at radius 3 is 2.81 bits per heavy atom. The number of piperidine rings is 1. The molecule has 0 aliphatic carbocycles. The molecule has 0 bridgehead atoms. The van der Waals surface area contributed by atoms with Crippen LogP contribution in [0.5, 0.6) is 0 Å². The molecule has 1 atom stereocenters. The van der Waals surface area contributed by atoms with E-state index in [4.69, 9.17) is 0 Å². The topological polar surface area (TPSA) is 40.5 Å². The summed E-state index contributed by atoms with van der Waals surface area (Å²) in [5, 5.41) is 9.58. The fourth-order valence-corrected chi connectivity index (χ4v) is 3.10. The van der Waals surface area contributed by atoms with Crippen LogP contribution < -0.4 is 0 Å². The van der Waals surface area contributed by atoms with Gasteiger partial charge < -0.3 is 5.11 Å². The first-order valence-electron chi connectivity index (χ1n) is 7.66. The summed E-state index contributed by atoms with van der Waals surface area (Å²) < 4.78 is 0. The van der Waals surface area contributed by atoms with E-state index in [1.807, 2.05) is 30.3 Å². The molecule has 0 amide bonds. The summed E-state index contributed by atoms with van der Waals surface area (Å²) in [7, 11) is 0. The van der Waals surface area contributed by atoms with Gasteiger partial charge in [-0.15, -0.1) is 0 Å². The standard InChI is InChI=1S/C18H23NO2/c1-2-11-18(17(20)21)12-7-14-19(15-18)13-6-10-16-8-4-3-5-9-16/h3-5,8-9H,2,7,11-15H2,1H3,(H,20,21). The molecule has 21 heavy (non-hydrogen) atoms. The monoisotopic (exact) mass is 285 g/mol. The Kier molecular flexibility index (Phi) is 5.41. The predicted octanol–water partition coefficient (Wildman–Crippen LogP) is 3.01. The first-order valence-corrected chi connectivity index (χ1v) is 7.66. The van der Waals surface area contributed by atoms with Crippen LogP contribution in [0.15, 0.2) is 30.3 Å². The highest BCUT2D eigenvalue weighted by Gasteiger charge is 2.41. The summed E-state index contributed by atoms with van der Waals surface area (Å²) in [4.78, 5) is 13.8. The zero-order chi connectivity index (χ0) is 15.1. The highest BCUT2D eigenvalue weighted by molar-refractivity contribution is 5.75. The van der Waals surface area contributed by atoms with Gasteiger partial charge in [0.1, 0.15) is 0 Å². The third-order valence-corrected chi connectivity index (χ3v) is 4.15. The molecule has 0 saturated carbocycles. The van der Waals surface area contributed by atoms with Crippen molar-refractivity contribution in [2.24, 2.45) is 5.41 Å². The molecule has 1 N–H and O–H groups in total. The summed E-state index contributed by atoms with van der Waals surface area (Å²) in [6, 6.07) is 9.90. The average molecular weight is 285 g/mol. The van der Waals surface area contributed by atoms with Crippen LogP contribution in [0.4, 0.5) is 0 Å². The molecule has 1 unspecified atom stereocenters. The van der Waals surface area contributed by atoms with Gasteiger partial charge in [0.05, 0.1) is 12.0 Å². The van der Waals surface area contributed by atoms with Crippen LogP contribution in [0.2, 0.25) is 0 Å². The number of benzene rings is 1. The molecule has 1 saturated heterocycles. The van der Waals surface area contributed by atoms with Crippen molar-refractivity contribution < 1.29 is 9.90 Å². The largest absolute Gasteiger partial charge is 0.481 e. The number of hydrogen-bond donors (Lipinski definition) is 1. The molecule has 1 aromatic carbocycles. The number of rotatable bonds is 4. The van der Waals surface area contributed by atoms with Crippen molar-refractivity contribution in [2.75, 3.05) is 19.6 Å². The van der Waals surface area contributed by atoms with E-state index in [-0.39, 0.29) is 0 Å². The number of carbonyl (C=O) groups is 1. The Labute approximate surface area is 127 Å². The summed E-state index contributed by atoms with van der Waals surface area (Å²) in [6.45, 7) is 4.27. The normalized spacial score (nSPS) is 22.3. The van der Waals surface area contributed by atoms with Crippen molar-refractivity contribution in [3.8, 4) is 11.8 Å². The second kappa shape index (κ2) is 7.28. The van der Waals surface area contributed by atoms with Gasteiger partial charge in [-0.2, -0.15) is 0 Å². The van der Waals surface area contributed by atoms with E-state index in [1.165, 1.54) is 0 Å². The lowest BCUT2D eigenvalue weighted by Crippen LogP contribution is -2.47. The van der Waals surface area contributed by atoms with Crippen molar-refractivity contribution in [2.45, 2.75) is 32.6 Å². The van der Waals surface area contributed by atoms with E-state index >= 15 is 0 Å². The molecule has 0 radical (unpaired) electrons. The van der Waals surface area contributed by atoms with Gasteiger partial charge in [-0.25, -0.2) is 0 Å². The van der Waals surface area contributed by atoms with E-state index in [9.17, 15) is 9.90 Å². The van der Waals surface area contributed by atoms with Crippen LogP contribution in [0.3, 0.4) is 0 Å². The van der Waals surface area contributed by atoms with Crippen molar-refractivity contribution in [1.82, 2.24) is 4.90 Å². The number of aliphatic carboxylic acids is 1. The number of hydrogen-bond acceptors (Lipinski definition) is 2. The van der Waals surface area contributed by atoms with Gasteiger partial charge in [-0.05, 0) is 37.9 Å². The van der Waals surface area contributed by atoms with Crippen molar-refractivity contribution in [3.05, 3.63) is 35.9 Å². The van der Waals surface area contributed by atoms with Crippen LogP contribution in [0, 0.1) is 17.3 Å². The zero-order valence-corrected chi connectivity index (χ0v) is 12.6. The van der Waals surface area contributed by atoms with Gasteiger partial charge in [0.25, 0.3) is 0 Å². The molecule has 0 spiro atoms. The third-order valence-electron chi connectivity index (χ3n) is 4.15. The number of carboxylic acid groups (broad SMARTS) is 1. The maximum atomic E-state index is 11.6. The van der Waals surface area contributed by atoms with E-state index in [2.05, 4.69) is 23.7 Å². The minimum absolute atomic E-state index is 0.568. The predicted molar refractivity (Wildman–Crippen MR) is 84.0 cm³/mol. The lowest BCUT2D eigenvalue weighted by Gasteiger charge is -2.39. The lowest BCUT2D eigenvalue weighted by atomic mass is 9.76. The molecular formula is C18H23NO2. The molecule has 1 fully saturated rings. The Morgan fingerprint density at radius 1 is 1.38 bits per heavy atom. The molecule has 1 aliphatic heterocycles. The van der Waals surface area contributed by atoms with Gasteiger partial charge in [0.15, 0.2) is 0 Å². The molecule has 3 nitrogen and oxygen atoms in total. The minimum atomic E-state index is -0.648. The Morgan fingerprint density at radius 2 is 2.14 bits per heavy atom. The Hall–Kier alpha value is -1.79. The Balaban J connectivity index is 1.98. The van der Waals surface area contributed by atoms with Crippen LogP contribution in [-0.2, 0) is 4.79 Å². The second-order valence-corrected chi connectivity index (χ2v) is 5.82.